The molecule has 0 saturated carbocycles. The first-order valence-corrected chi connectivity index (χ1v) is 5.93. The fourth-order valence-corrected chi connectivity index (χ4v) is 1.57. The maximum Gasteiger partial charge on any atom is 0.118 e. The van der Waals surface area contributed by atoms with Gasteiger partial charge in [0.15, 0.2) is 0 Å². The molecular formula is C10H23AlCl2. The third-order valence-corrected chi connectivity index (χ3v) is 2.47. The summed E-state index contributed by atoms with van der Waals surface area (Å²) in [5.74, 6) is 0. The van der Waals surface area contributed by atoms with Gasteiger partial charge in [-0.3, -0.25) is 0 Å². The van der Waals surface area contributed by atoms with E-state index in [1.54, 1.807) is 0 Å². The Morgan fingerprint density at radius 3 is 1.46 bits per heavy atom. The van der Waals surface area contributed by atoms with Gasteiger partial charge >= 0.3 is 0 Å². The molecule has 0 aliphatic heterocycles. The predicted molar refractivity (Wildman–Crippen MR) is 67.7 cm³/mol. The van der Waals surface area contributed by atoms with E-state index in [2.05, 4.69) is 23.2 Å². The second-order valence-electron chi connectivity index (χ2n) is 3.26. The zero-order valence-corrected chi connectivity index (χ0v) is 11.5. The monoisotopic (exact) mass is 240 g/mol. The van der Waals surface area contributed by atoms with Crippen LogP contribution in [0.1, 0.15) is 58.3 Å². The van der Waals surface area contributed by atoms with Crippen molar-refractivity contribution in [3.05, 3.63) is 0 Å². The summed E-state index contributed by atoms with van der Waals surface area (Å²) in [4.78, 5) is 0. The lowest BCUT2D eigenvalue weighted by Crippen LogP contribution is -1.79. The zero-order chi connectivity index (χ0) is 8.36. The molecule has 0 atom stereocenters. The topological polar surface area (TPSA) is 0 Å². The fourth-order valence-electron chi connectivity index (χ4n) is 1.28. The highest BCUT2D eigenvalue weighted by molar-refractivity contribution is 6.08. The van der Waals surface area contributed by atoms with E-state index in [1.165, 1.54) is 56.6 Å². The average Bonchev–Trinajstić information content (AvgIpc) is 2.03. The maximum absolute atomic E-state index is 2.79. The summed E-state index contributed by atoms with van der Waals surface area (Å²) < 4.78 is 0. The lowest BCUT2D eigenvalue weighted by Gasteiger charge is -1.99. The summed E-state index contributed by atoms with van der Waals surface area (Å²) in [6, 6.07) is 0. The second kappa shape index (κ2) is 18.8. The first-order chi connectivity index (χ1) is 5.41. The van der Waals surface area contributed by atoms with Crippen LogP contribution < -0.4 is 0 Å². The van der Waals surface area contributed by atoms with E-state index in [1.807, 2.05) is 0 Å². The third kappa shape index (κ3) is 19.5. The number of halogens is 2. The minimum Gasteiger partial charge on any atom is -0.147 e. The van der Waals surface area contributed by atoms with Crippen LogP contribution in [-0.2, 0) is 0 Å². The number of unbranched alkanes of at least 4 members (excludes halogenated alkanes) is 7. The highest BCUT2D eigenvalue weighted by Gasteiger charge is 1.88. The van der Waals surface area contributed by atoms with Crippen molar-refractivity contribution in [1.29, 1.82) is 0 Å². The van der Waals surface area contributed by atoms with Gasteiger partial charge in [0, 0.05) is 0 Å². The SMILES string of the molecule is CCCCCCCCC[CH2][Al].Cl.Cl. The van der Waals surface area contributed by atoms with Crippen LogP contribution in [0.4, 0.5) is 0 Å². The number of rotatable bonds is 8. The van der Waals surface area contributed by atoms with Crippen LogP contribution in [0, 0.1) is 0 Å². The standard InChI is InChI=1S/C10H21.Al.2ClH/c1-3-5-7-9-10-8-6-4-2;;;/h1,3-10H2,2H3;;2*1H. The molecule has 0 amide bonds. The molecule has 0 aromatic heterocycles. The molecule has 0 aliphatic carbocycles. The highest BCUT2D eigenvalue weighted by Crippen LogP contribution is 2.08. The summed E-state index contributed by atoms with van der Waals surface area (Å²) >= 11 is 2.79. The van der Waals surface area contributed by atoms with Crippen molar-refractivity contribution >= 4 is 41.1 Å². The van der Waals surface area contributed by atoms with Gasteiger partial charge in [0.2, 0.25) is 0 Å². The largest absolute Gasteiger partial charge is 0.147 e. The van der Waals surface area contributed by atoms with Crippen molar-refractivity contribution in [2.45, 2.75) is 63.6 Å². The molecule has 0 bridgehead atoms. The molecule has 0 aliphatic rings. The van der Waals surface area contributed by atoms with Crippen LogP contribution in [0.15, 0.2) is 0 Å². The van der Waals surface area contributed by atoms with Crippen LogP contribution in [0.2, 0.25) is 5.28 Å². The van der Waals surface area contributed by atoms with E-state index in [-0.39, 0.29) is 24.8 Å². The van der Waals surface area contributed by atoms with Crippen molar-refractivity contribution < 1.29 is 0 Å². The Kier molecular flexibility index (Phi) is 28.4. The summed E-state index contributed by atoms with van der Waals surface area (Å²) in [5, 5.41) is 1.29. The van der Waals surface area contributed by atoms with Gasteiger partial charge in [0.05, 0.1) is 0 Å². The number of hydrogen-bond donors (Lipinski definition) is 0. The molecule has 0 aromatic carbocycles. The molecule has 0 unspecified atom stereocenters. The predicted octanol–water partition coefficient (Wildman–Crippen LogP) is 4.56. The minimum absolute atomic E-state index is 0. The van der Waals surface area contributed by atoms with E-state index in [0.29, 0.717) is 0 Å². The van der Waals surface area contributed by atoms with Crippen LogP contribution in [-0.4, -0.2) is 16.3 Å². The molecule has 3 heteroatoms. The Balaban J connectivity index is -0.000000500. The molecule has 0 saturated heterocycles. The fraction of sp³-hybridized carbons (Fsp3) is 1.00. The Labute approximate surface area is 104 Å². The van der Waals surface area contributed by atoms with Crippen LogP contribution >= 0.6 is 24.8 Å². The molecule has 0 fully saturated rings. The van der Waals surface area contributed by atoms with Crippen molar-refractivity contribution in [2.24, 2.45) is 0 Å². The number of hydrogen-bond acceptors (Lipinski definition) is 0. The van der Waals surface area contributed by atoms with Gasteiger partial charge < -0.3 is 0 Å². The second-order valence-corrected chi connectivity index (χ2v) is 3.84. The maximum atomic E-state index is 2.79. The van der Waals surface area contributed by atoms with Gasteiger partial charge in [-0.1, -0.05) is 58.3 Å². The molecule has 0 nitrogen and oxygen atoms in total. The van der Waals surface area contributed by atoms with Gasteiger partial charge in [-0.2, -0.15) is 0 Å². The molecular weight excluding hydrogens is 218 g/mol. The Hall–Kier alpha value is 1.11. The molecule has 0 spiro atoms. The molecule has 0 rings (SSSR count). The zero-order valence-electron chi connectivity index (χ0n) is 8.76. The van der Waals surface area contributed by atoms with E-state index in [0.717, 1.165) is 0 Å². The van der Waals surface area contributed by atoms with Crippen molar-refractivity contribution in [1.82, 2.24) is 0 Å². The summed E-state index contributed by atoms with van der Waals surface area (Å²) in [6.07, 6.45) is 11.5. The van der Waals surface area contributed by atoms with Crippen molar-refractivity contribution in [2.75, 3.05) is 0 Å². The Morgan fingerprint density at radius 1 is 0.692 bits per heavy atom. The van der Waals surface area contributed by atoms with Crippen LogP contribution in [0.5, 0.6) is 0 Å². The molecule has 0 N–H and O–H groups in total. The van der Waals surface area contributed by atoms with E-state index in [9.17, 15) is 0 Å². The van der Waals surface area contributed by atoms with E-state index < -0.39 is 0 Å². The molecule has 0 aromatic rings. The molecule has 80 valence electrons. The first kappa shape index (κ1) is 19.6. The lowest BCUT2D eigenvalue weighted by molar-refractivity contribution is 0.585. The van der Waals surface area contributed by atoms with Crippen molar-refractivity contribution in [3.8, 4) is 0 Å². The summed E-state index contributed by atoms with van der Waals surface area (Å²) in [7, 11) is 0. The van der Waals surface area contributed by atoms with Crippen LogP contribution in [0.25, 0.3) is 0 Å². The quantitative estimate of drug-likeness (QED) is 0.431. The van der Waals surface area contributed by atoms with Gasteiger partial charge in [-0.15, -0.1) is 30.1 Å². The van der Waals surface area contributed by atoms with Gasteiger partial charge in [-0.25, -0.2) is 0 Å². The molecule has 13 heavy (non-hydrogen) atoms. The highest BCUT2D eigenvalue weighted by atomic mass is 35.5. The Bertz CT molecular complexity index is 61.9. The van der Waals surface area contributed by atoms with E-state index in [4.69, 9.17) is 0 Å². The smallest absolute Gasteiger partial charge is 0.118 e. The normalized spacial score (nSPS) is 8.69. The third-order valence-electron chi connectivity index (χ3n) is 2.06. The van der Waals surface area contributed by atoms with Gasteiger partial charge in [0.1, 0.15) is 16.3 Å². The van der Waals surface area contributed by atoms with E-state index >= 15 is 0 Å². The average molecular weight is 241 g/mol. The van der Waals surface area contributed by atoms with Gasteiger partial charge in [-0.05, 0) is 0 Å². The Morgan fingerprint density at radius 2 is 1.08 bits per heavy atom. The van der Waals surface area contributed by atoms with Gasteiger partial charge in [0.25, 0.3) is 0 Å². The lowest BCUT2D eigenvalue weighted by atomic mass is 10.1. The molecule has 2 radical (unpaired) electrons. The summed E-state index contributed by atoms with van der Waals surface area (Å²) in [6.45, 7) is 2.27. The van der Waals surface area contributed by atoms with Crippen molar-refractivity contribution in [3.63, 3.8) is 0 Å². The minimum atomic E-state index is 0. The molecule has 0 heterocycles. The summed E-state index contributed by atoms with van der Waals surface area (Å²) in [5.41, 5.74) is 0. The first-order valence-electron chi connectivity index (χ1n) is 5.12. The van der Waals surface area contributed by atoms with Crippen LogP contribution in [0.3, 0.4) is 0 Å².